The molecule has 0 aromatic heterocycles. The van der Waals surface area contributed by atoms with Crippen LogP contribution in [-0.4, -0.2) is 20.4 Å². The second-order valence-electron chi connectivity index (χ2n) is 4.44. The van der Waals surface area contributed by atoms with Gasteiger partial charge >= 0.3 is 7.47 Å². The molecule has 0 saturated heterocycles. The van der Waals surface area contributed by atoms with E-state index in [9.17, 15) is 13.4 Å². The van der Waals surface area contributed by atoms with Crippen molar-refractivity contribution in [3.8, 4) is 11.5 Å². The quantitative estimate of drug-likeness (QED) is 0.624. The Morgan fingerprint density at radius 2 is 1.76 bits per heavy atom. The van der Waals surface area contributed by atoms with Crippen LogP contribution in [0.25, 0.3) is 0 Å². The van der Waals surface area contributed by atoms with Crippen molar-refractivity contribution in [3.63, 3.8) is 0 Å². The number of carbonyl (C=O) groups excluding carboxylic acids is 1. The summed E-state index contributed by atoms with van der Waals surface area (Å²) in [5, 5.41) is 0. The molecule has 0 aliphatic carbocycles. The van der Waals surface area contributed by atoms with Gasteiger partial charge in [-0.15, -0.1) is 0 Å². The van der Waals surface area contributed by atoms with E-state index in [4.69, 9.17) is 4.74 Å². The Balaban J connectivity index is 2.41. The minimum absolute atomic E-state index is 0.0694. The summed E-state index contributed by atoms with van der Waals surface area (Å²) in [7, 11) is -1.61. The Morgan fingerprint density at radius 1 is 1.10 bits per heavy atom. The lowest BCUT2D eigenvalue weighted by molar-refractivity contribution is 0.103. The number of aryl methyl sites for hydroxylation is 1. The second kappa shape index (κ2) is 6.39. The topological polar surface area (TPSA) is 35.5 Å². The summed E-state index contributed by atoms with van der Waals surface area (Å²) in [6, 6.07) is 11.1. The lowest BCUT2D eigenvalue weighted by Crippen LogP contribution is -2.12. The second-order valence-corrected chi connectivity index (χ2v) is 4.44. The highest BCUT2D eigenvalue weighted by molar-refractivity contribution is 6.35. The van der Waals surface area contributed by atoms with Gasteiger partial charge in [0, 0.05) is 11.6 Å². The first-order chi connectivity index (χ1) is 10.0. The number of ether oxygens (including phenoxy) is 1. The molecule has 2 aromatic carbocycles. The normalized spacial score (nSPS) is 10.1. The van der Waals surface area contributed by atoms with E-state index < -0.39 is 7.47 Å². The smallest absolute Gasteiger partial charge is 0.504 e. The van der Waals surface area contributed by atoms with Gasteiger partial charge in [-0.1, -0.05) is 29.8 Å². The van der Waals surface area contributed by atoms with E-state index in [0.717, 1.165) is 5.56 Å². The molecule has 0 aliphatic heterocycles. The SMILES string of the molecule is COc1ccc(C(=O)c2ccc(C)cc2)c(OB(F)F)c1. The fourth-order valence-corrected chi connectivity index (χ4v) is 1.87. The van der Waals surface area contributed by atoms with Crippen molar-refractivity contribution >= 4 is 13.3 Å². The van der Waals surface area contributed by atoms with Crippen molar-refractivity contribution < 1.29 is 22.8 Å². The number of benzene rings is 2. The molecule has 0 aliphatic rings. The number of rotatable bonds is 5. The maximum Gasteiger partial charge on any atom is 0.796 e. The Labute approximate surface area is 121 Å². The molecule has 21 heavy (non-hydrogen) atoms. The van der Waals surface area contributed by atoms with Crippen LogP contribution < -0.4 is 9.39 Å². The number of carbonyl (C=O) groups is 1. The molecule has 0 radical (unpaired) electrons. The van der Waals surface area contributed by atoms with Gasteiger partial charge in [0.1, 0.15) is 11.5 Å². The summed E-state index contributed by atoms with van der Waals surface area (Å²) in [6.45, 7) is 1.90. The molecule has 0 bridgehead atoms. The minimum Gasteiger partial charge on any atom is -0.504 e. The number of methoxy groups -OCH3 is 1. The third-order valence-corrected chi connectivity index (χ3v) is 2.96. The zero-order chi connectivity index (χ0) is 15.4. The molecule has 0 saturated carbocycles. The Hall–Kier alpha value is -2.37. The largest absolute Gasteiger partial charge is 0.796 e. The van der Waals surface area contributed by atoms with Gasteiger partial charge < -0.3 is 9.39 Å². The molecular formula is C15H13BF2O3. The van der Waals surface area contributed by atoms with Crippen LogP contribution in [0.1, 0.15) is 21.5 Å². The van der Waals surface area contributed by atoms with Gasteiger partial charge in [-0.05, 0) is 19.1 Å². The molecule has 0 spiro atoms. The zero-order valence-corrected chi connectivity index (χ0v) is 11.6. The lowest BCUT2D eigenvalue weighted by Gasteiger charge is -2.11. The maximum absolute atomic E-state index is 12.5. The molecule has 0 fully saturated rings. The summed E-state index contributed by atoms with van der Waals surface area (Å²) in [5.41, 5.74) is 1.48. The highest BCUT2D eigenvalue weighted by atomic mass is 19.2. The van der Waals surface area contributed by atoms with Crippen LogP contribution in [0, 0.1) is 6.92 Å². The van der Waals surface area contributed by atoms with Gasteiger partial charge in [0.25, 0.3) is 0 Å². The van der Waals surface area contributed by atoms with Crippen LogP contribution >= 0.6 is 0 Å². The summed E-state index contributed by atoms with van der Waals surface area (Å²) >= 11 is 0. The summed E-state index contributed by atoms with van der Waals surface area (Å²) in [5.74, 6) is -0.241. The highest BCUT2D eigenvalue weighted by Crippen LogP contribution is 2.28. The Morgan fingerprint density at radius 3 is 2.33 bits per heavy atom. The lowest BCUT2D eigenvalue weighted by atomic mass is 10.0. The van der Waals surface area contributed by atoms with Crippen LogP contribution in [0.5, 0.6) is 11.5 Å². The van der Waals surface area contributed by atoms with Gasteiger partial charge in [-0.3, -0.25) is 4.79 Å². The van der Waals surface area contributed by atoms with E-state index in [1.165, 1.54) is 25.3 Å². The van der Waals surface area contributed by atoms with Crippen molar-refractivity contribution in [1.29, 1.82) is 0 Å². The average molecular weight is 290 g/mol. The number of ketones is 1. The van der Waals surface area contributed by atoms with Gasteiger partial charge in [0.05, 0.1) is 12.7 Å². The van der Waals surface area contributed by atoms with Crippen molar-refractivity contribution in [2.45, 2.75) is 6.92 Å². The van der Waals surface area contributed by atoms with Crippen LogP contribution in [0.4, 0.5) is 8.63 Å². The molecule has 0 heterocycles. The Kier molecular flexibility index (Phi) is 4.57. The maximum atomic E-state index is 12.5. The van der Waals surface area contributed by atoms with Gasteiger partial charge in [-0.25, -0.2) is 8.63 Å². The molecule has 0 N–H and O–H groups in total. The first kappa shape index (κ1) is 15.0. The first-order valence-electron chi connectivity index (χ1n) is 6.25. The molecule has 3 nitrogen and oxygen atoms in total. The fraction of sp³-hybridized carbons (Fsp3) is 0.133. The minimum atomic E-state index is -3.01. The van der Waals surface area contributed by atoms with Gasteiger partial charge in [-0.2, -0.15) is 0 Å². The van der Waals surface area contributed by atoms with E-state index in [1.807, 2.05) is 6.92 Å². The van der Waals surface area contributed by atoms with Crippen LogP contribution in [0.15, 0.2) is 42.5 Å². The highest BCUT2D eigenvalue weighted by Gasteiger charge is 2.23. The van der Waals surface area contributed by atoms with Gasteiger partial charge in [0.15, 0.2) is 5.78 Å². The standard InChI is InChI=1S/C15H13BF2O3/c1-10-3-5-11(6-4-10)15(19)13-8-7-12(20-2)9-14(13)21-16(17)18/h3-9H,1-2H3. The van der Waals surface area contributed by atoms with Crippen molar-refractivity contribution in [2.75, 3.05) is 7.11 Å². The average Bonchev–Trinajstić information content (AvgIpc) is 2.46. The molecule has 0 amide bonds. The molecule has 6 heteroatoms. The van der Waals surface area contributed by atoms with E-state index in [1.54, 1.807) is 24.3 Å². The van der Waals surface area contributed by atoms with E-state index in [0.29, 0.717) is 11.3 Å². The first-order valence-corrected chi connectivity index (χ1v) is 6.25. The fourth-order valence-electron chi connectivity index (χ4n) is 1.87. The summed E-state index contributed by atoms with van der Waals surface area (Å²) in [4.78, 5) is 12.4. The monoisotopic (exact) mass is 290 g/mol. The van der Waals surface area contributed by atoms with Gasteiger partial charge in [0.2, 0.25) is 0 Å². The molecule has 0 atom stereocenters. The van der Waals surface area contributed by atoms with E-state index in [2.05, 4.69) is 4.65 Å². The van der Waals surface area contributed by atoms with Crippen molar-refractivity contribution in [1.82, 2.24) is 0 Å². The third-order valence-electron chi connectivity index (χ3n) is 2.96. The summed E-state index contributed by atoms with van der Waals surface area (Å²) < 4.78 is 34.3. The number of hydrogen-bond donors (Lipinski definition) is 0. The van der Waals surface area contributed by atoms with Crippen LogP contribution in [-0.2, 0) is 0 Å². The third kappa shape index (κ3) is 3.59. The molecule has 2 aromatic rings. The Bertz CT molecular complexity index is 642. The van der Waals surface area contributed by atoms with E-state index >= 15 is 0 Å². The predicted octanol–water partition coefficient (Wildman–Crippen LogP) is 3.54. The van der Waals surface area contributed by atoms with Crippen LogP contribution in [0.2, 0.25) is 0 Å². The molecular weight excluding hydrogens is 277 g/mol. The van der Waals surface area contributed by atoms with Crippen LogP contribution in [0.3, 0.4) is 0 Å². The van der Waals surface area contributed by atoms with Crippen molar-refractivity contribution in [3.05, 3.63) is 59.2 Å². The number of hydrogen-bond acceptors (Lipinski definition) is 3. The van der Waals surface area contributed by atoms with E-state index in [-0.39, 0.29) is 17.1 Å². The predicted molar refractivity (Wildman–Crippen MR) is 76.2 cm³/mol. The zero-order valence-electron chi connectivity index (χ0n) is 11.6. The molecule has 108 valence electrons. The summed E-state index contributed by atoms with van der Waals surface area (Å²) in [6.07, 6.45) is 0. The molecule has 0 unspecified atom stereocenters. The number of halogens is 2. The van der Waals surface area contributed by atoms with Crippen molar-refractivity contribution in [2.24, 2.45) is 0 Å². The molecule has 2 rings (SSSR count).